The lowest BCUT2D eigenvalue weighted by Crippen LogP contribution is -2.03. The number of carbonyl (C=O) groups is 1. The SMILES string of the molecule is O=C(O)C(Cl)Cl.O=c1oc(=O)c2cc3c(=O)oc(=O)c3cc12. The Balaban J connectivity index is 0.000000254. The number of furan rings is 2. The number of hydrogen-bond donors (Lipinski definition) is 1. The van der Waals surface area contributed by atoms with Crippen molar-refractivity contribution in [2.24, 2.45) is 0 Å². The normalized spacial score (nSPS) is 10.9. The Morgan fingerprint density at radius 3 is 1.23 bits per heavy atom. The molecule has 3 aromatic rings. The third-order valence-electron chi connectivity index (χ3n) is 2.59. The third-order valence-corrected chi connectivity index (χ3v) is 2.97. The number of alkyl halides is 2. The first-order chi connectivity index (χ1) is 10.2. The van der Waals surface area contributed by atoms with E-state index in [2.05, 4.69) is 8.83 Å². The monoisotopic (exact) mass is 346 g/mol. The highest BCUT2D eigenvalue weighted by molar-refractivity contribution is 6.52. The molecule has 0 aliphatic carbocycles. The van der Waals surface area contributed by atoms with Gasteiger partial charge in [-0.3, -0.25) is 0 Å². The zero-order chi connectivity index (χ0) is 16.6. The second kappa shape index (κ2) is 5.74. The summed E-state index contributed by atoms with van der Waals surface area (Å²) in [6, 6.07) is 2.29. The lowest BCUT2D eigenvalue weighted by molar-refractivity contribution is -0.135. The molecule has 0 saturated heterocycles. The maximum absolute atomic E-state index is 11.2. The molecule has 2 heterocycles. The maximum atomic E-state index is 11.2. The Morgan fingerprint density at radius 1 is 0.818 bits per heavy atom. The first-order valence-electron chi connectivity index (χ1n) is 5.44. The molecule has 2 aromatic heterocycles. The van der Waals surface area contributed by atoms with Crippen LogP contribution in [0.5, 0.6) is 0 Å². The number of aliphatic carboxylic acids is 1. The zero-order valence-corrected chi connectivity index (χ0v) is 11.8. The number of carboxylic acid groups (broad SMARTS) is 1. The minimum atomic E-state index is -1.29. The Labute approximate surface area is 128 Å². The van der Waals surface area contributed by atoms with Gasteiger partial charge >= 0.3 is 28.5 Å². The number of rotatable bonds is 1. The van der Waals surface area contributed by atoms with Crippen molar-refractivity contribution in [1.82, 2.24) is 0 Å². The highest BCUT2D eigenvalue weighted by Gasteiger charge is 2.15. The van der Waals surface area contributed by atoms with E-state index in [1.807, 2.05) is 0 Å². The van der Waals surface area contributed by atoms with E-state index in [1.54, 1.807) is 0 Å². The average molecular weight is 347 g/mol. The van der Waals surface area contributed by atoms with Gasteiger partial charge in [0, 0.05) is 0 Å². The molecule has 0 unspecified atom stereocenters. The van der Waals surface area contributed by atoms with Crippen LogP contribution in [-0.2, 0) is 4.79 Å². The van der Waals surface area contributed by atoms with Gasteiger partial charge in [-0.1, -0.05) is 23.2 Å². The summed E-state index contributed by atoms with van der Waals surface area (Å²) in [5, 5.41) is 7.65. The van der Waals surface area contributed by atoms with E-state index in [9.17, 15) is 24.0 Å². The molecule has 8 nitrogen and oxygen atoms in total. The molecular formula is C12H4Cl2O8. The molecule has 0 atom stereocenters. The van der Waals surface area contributed by atoms with Gasteiger partial charge < -0.3 is 13.9 Å². The Hall–Kier alpha value is -2.45. The number of fused-ring (bicyclic) bond motifs is 2. The van der Waals surface area contributed by atoms with E-state index in [0.717, 1.165) is 12.1 Å². The molecule has 0 aliphatic rings. The van der Waals surface area contributed by atoms with Crippen molar-refractivity contribution in [3.63, 3.8) is 0 Å². The van der Waals surface area contributed by atoms with Gasteiger partial charge in [0.25, 0.3) is 0 Å². The number of hydrogen-bond acceptors (Lipinski definition) is 7. The fourth-order valence-corrected chi connectivity index (χ4v) is 1.66. The molecule has 1 N–H and O–H groups in total. The lowest BCUT2D eigenvalue weighted by Gasteiger charge is -1.84. The van der Waals surface area contributed by atoms with Crippen molar-refractivity contribution >= 4 is 50.7 Å². The molecule has 10 heteroatoms. The Bertz CT molecular complexity index is 918. The smallest absolute Gasteiger partial charge is 0.346 e. The minimum Gasteiger partial charge on any atom is -0.479 e. The van der Waals surface area contributed by atoms with Gasteiger partial charge in [-0.2, -0.15) is 0 Å². The van der Waals surface area contributed by atoms with Gasteiger partial charge in [-0.15, -0.1) is 0 Å². The van der Waals surface area contributed by atoms with E-state index in [-0.39, 0.29) is 21.5 Å². The molecule has 0 bridgehead atoms. The molecule has 0 aliphatic heterocycles. The predicted molar refractivity (Wildman–Crippen MR) is 76.6 cm³/mol. The number of carboxylic acids is 1. The van der Waals surface area contributed by atoms with Crippen LogP contribution in [0.1, 0.15) is 0 Å². The van der Waals surface area contributed by atoms with E-state index in [4.69, 9.17) is 28.3 Å². The highest BCUT2D eigenvalue weighted by atomic mass is 35.5. The van der Waals surface area contributed by atoms with E-state index >= 15 is 0 Å². The molecule has 0 fully saturated rings. The van der Waals surface area contributed by atoms with Crippen molar-refractivity contribution in [2.45, 2.75) is 4.84 Å². The first kappa shape index (κ1) is 15.9. The lowest BCUT2D eigenvalue weighted by atomic mass is 10.1. The summed E-state index contributed by atoms with van der Waals surface area (Å²) in [5.41, 5.74) is -3.30. The Kier molecular flexibility index (Phi) is 4.16. The van der Waals surface area contributed by atoms with Crippen LogP contribution in [0.3, 0.4) is 0 Å². The van der Waals surface area contributed by atoms with Gasteiger partial charge in [0.2, 0.25) is 4.84 Å². The van der Waals surface area contributed by atoms with Crippen LogP contribution in [0.15, 0.2) is 40.1 Å². The standard InChI is InChI=1S/C10H2O6.C2H2Cl2O2/c11-7-3-1-4-6(10(14)16-8(4)12)2-5(3)9(13)15-7;3-1(4)2(5)6/h1-2H;1H,(H,5,6). The Morgan fingerprint density at radius 2 is 1.05 bits per heavy atom. The van der Waals surface area contributed by atoms with Crippen molar-refractivity contribution < 1.29 is 18.7 Å². The van der Waals surface area contributed by atoms with Crippen molar-refractivity contribution in [3.05, 3.63) is 53.8 Å². The van der Waals surface area contributed by atoms with Crippen LogP contribution >= 0.6 is 23.2 Å². The summed E-state index contributed by atoms with van der Waals surface area (Å²) in [4.78, 5) is 52.9. The molecular weight excluding hydrogens is 343 g/mol. The van der Waals surface area contributed by atoms with Crippen LogP contribution in [0.2, 0.25) is 0 Å². The fraction of sp³-hybridized carbons (Fsp3) is 0.0833. The molecule has 0 saturated carbocycles. The molecule has 1 aromatic carbocycles. The molecule has 22 heavy (non-hydrogen) atoms. The molecule has 3 rings (SSSR count). The topological polar surface area (TPSA) is 132 Å². The van der Waals surface area contributed by atoms with Crippen molar-refractivity contribution in [2.75, 3.05) is 0 Å². The van der Waals surface area contributed by atoms with E-state index in [1.165, 1.54) is 0 Å². The average Bonchev–Trinajstić information content (AvgIpc) is 2.87. The number of halogens is 2. The predicted octanol–water partition coefficient (Wildman–Crippen LogP) is 0.370. The third kappa shape index (κ3) is 2.78. The number of benzene rings is 1. The summed E-state index contributed by atoms with van der Waals surface area (Å²) in [6.07, 6.45) is 0. The van der Waals surface area contributed by atoms with Gasteiger partial charge in [0.1, 0.15) is 0 Å². The minimum absolute atomic E-state index is 0.0181. The zero-order valence-electron chi connectivity index (χ0n) is 10.3. The van der Waals surface area contributed by atoms with Gasteiger partial charge in [-0.05, 0) is 12.1 Å². The summed E-state index contributed by atoms with van der Waals surface area (Å²) < 4.78 is 8.68. The largest absolute Gasteiger partial charge is 0.479 e. The highest BCUT2D eigenvalue weighted by Crippen LogP contribution is 2.13. The van der Waals surface area contributed by atoms with Gasteiger partial charge in [-0.25, -0.2) is 24.0 Å². The van der Waals surface area contributed by atoms with Crippen molar-refractivity contribution in [1.29, 1.82) is 0 Å². The second-order valence-corrected chi connectivity index (χ2v) is 5.03. The molecule has 114 valence electrons. The quantitative estimate of drug-likeness (QED) is 0.625. The van der Waals surface area contributed by atoms with Crippen LogP contribution in [0, 0.1) is 0 Å². The van der Waals surface area contributed by atoms with Crippen LogP contribution in [0.25, 0.3) is 21.5 Å². The molecule has 0 spiro atoms. The maximum Gasteiger partial charge on any atom is 0.346 e. The van der Waals surface area contributed by atoms with E-state index in [0.29, 0.717) is 0 Å². The van der Waals surface area contributed by atoms with Crippen LogP contribution in [0.4, 0.5) is 0 Å². The summed E-state index contributed by atoms with van der Waals surface area (Å²) >= 11 is 9.56. The van der Waals surface area contributed by atoms with E-state index < -0.39 is 33.3 Å². The van der Waals surface area contributed by atoms with Gasteiger partial charge in [0.05, 0.1) is 21.5 Å². The molecule has 0 amide bonds. The summed E-state index contributed by atoms with van der Waals surface area (Å²) in [7, 11) is 0. The second-order valence-electron chi connectivity index (χ2n) is 3.94. The molecule has 0 radical (unpaired) electrons. The summed E-state index contributed by atoms with van der Waals surface area (Å²) in [6.45, 7) is 0. The first-order valence-corrected chi connectivity index (χ1v) is 6.31. The van der Waals surface area contributed by atoms with Crippen molar-refractivity contribution in [3.8, 4) is 0 Å². The summed E-state index contributed by atoms with van der Waals surface area (Å²) in [5.74, 6) is -1.21. The van der Waals surface area contributed by atoms with Gasteiger partial charge in [0.15, 0.2) is 0 Å². The fourth-order valence-electron chi connectivity index (χ4n) is 1.66. The van der Waals surface area contributed by atoms with Crippen LogP contribution < -0.4 is 22.5 Å². The van der Waals surface area contributed by atoms with Crippen LogP contribution in [-0.4, -0.2) is 15.9 Å².